The van der Waals surface area contributed by atoms with Gasteiger partial charge in [-0.15, -0.1) is 0 Å². The minimum absolute atomic E-state index is 0.0863. The highest BCUT2D eigenvalue weighted by Gasteiger charge is 2.33. The van der Waals surface area contributed by atoms with Gasteiger partial charge in [-0.3, -0.25) is 4.79 Å². The number of hydrogen-bond acceptors (Lipinski definition) is 3. The summed E-state index contributed by atoms with van der Waals surface area (Å²) >= 11 is 0. The molecule has 1 amide bonds. The number of fused-ring (bicyclic) bond motifs is 1. The van der Waals surface area contributed by atoms with Crippen LogP contribution >= 0.6 is 0 Å². The molecule has 2 aliphatic rings. The summed E-state index contributed by atoms with van der Waals surface area (Å²) in [5.74, 6) is -0.174. The van der Waals surface area contributed by atoms with Gasteiger partial charge < -0.3 is 4.90 Å². The highest BCUT2D eigenvalue weighted by atomic mass is 32.2. The Morgan fingerprint density at radius 1 is 1.41 bits per heavy atom. The summed E-state index contributed by atoms with van der Waals surface area (Å²) in [6, 6.07) is 3.14. The monoisotopic (exact) mass is 325 g/mol. The Balaban J connectivity index is 1.82. The van der Waals surface area contributed by atoms with Gasteiger partial charge in [0.05, 0.1) is 17.2 Å². The normalized spacial score (nSPS) is 23.4. The van der Waals surface area contributed by atoms with E-state index in [2.05, 4.69) is 0 Å². The molecule has 1 atom stereocenters. The van der Waals surface area contributed by atoms with Crippen molar-refractivity contribution in [2.75, 3.05) is 23.0 Å². The first kappa shape index (κ1) is 15.5. The van der Waals surface area contributed by atoms with E-state index < -0.39 is 9.84 Å². The van der Waals surface area contributed by atoms with E-state index in [1.54, 1.807) is 11.0 Å². The Hall–Kier alpha value is -1.43. The first-order valence-corrected chi connectivity index (χ1v) is 9.48. The zero-order chi connectivity index (χ0) is 15.9. The van der Waals surface area contributed by atoms with Crippen LogP contribution in [0.3, 0.4) is 0 Å². The van der Waals surface area contributed by atoms with E-state index >= 15 is 0 Å². The Bertz CT molecular complexity index is 714. The van der Waals surface area contributed by atoms with E-state index in [9.17, 15) is 17.6 Å². The van der Waals surface area contributed by atoms with E-state index in [-0.39, 0.29) is 35.6 Å². The lowest BCUT2D eigenvalue weighted by atomic mass is 9.96. The van der Waals surface area contributed by atoms with Crippen molar-refractivity contribution in [3.63, 3.8) is 0 Å². The molecule has 4 nitrogen and oxygen atoms in total. The number of benzene rings is 1. The van der Waals surface area contributed by atoms with Gasteiger partial charge in [-0.2, -0.15) is 0 Å². The van der Waals surface area contributed by atoms with Gasteiger partial charge in [-0.05, 0) is 43.7 Å². The molecular weight excluding hydrogens is 305 g/mol. The highest BCUT2D eigenvalue weighted by Crippen LogP contribution is 2.34. The Morgan fingerprint density at radius 2 is 2.18 bits per heavy atom. The van der Waals surface area contributed by atoms with E-state index in [1.807, 2.05) is 6.92 Å². The number of sulfone groups is 1. The number of hydrogen-bond donors (Lipinski definition) is 0. The maximum Gasteiger partial charge on any atom is 0.227 e. The van der Waals surface area contributed by atoms with Crippen molar-refractivity contribution in [1.29, 1.82) is 0 Å². The lowest BCUT2D eigenvalue weighted by Crippen LogP contribution is -2.37. The lowest BCUT2D eigenvalue weighted by molar-refractivity contribution is -0.119. The number of rotatable bonds is 2. The van der Waals surface area contributed by atoms with Crippen molar-refractivity contribution in [2.45, 2.75) is 32.6 Å². The van der Waals surface area contributed by atoms with E-state index in [0.29, 0.717) is 30.6 Å². The molecule has 0 aliphatic carbocycles. The second-order valence-corrected chi connectivity index (χ2v) is 8.54. The standard InChI is InChI=1S/C16H20FNO3S/c1-11-4-5-14(17)13-3-2-7-18(16(11)13)15(19)9-12-6-8-22(20,21)10-12/h4-5,12H,2-3,6-10H2,1H3. The number of nitrogens with zero attached hydrogens (tertiary/aromatic N) is 1. The maximum absolute atomic E-state index is 14.0. The summed E-state index contributed by atoms with van der Waals surface area (Å²) < 4.78 is 37.0. The molecule has 2 heterocycles. The summed E-state index contributed by atoms with van der Waals surface area (Å²) in [6.07, 6.45) is 2.16. The van der Waals surface area contributed by atoms with Crippen LogP contribution in [0.15, 0.2) is 12.1 Å². The van der Waals surface area contributed by atoms with Crippen LogP contribution < -0.4 is 4.90 Å². The van der Waals surface area contributed by atoms with Crippen LogP contribution in [0.2, 0.25) is 0 Å². The molecule has 1 fully saturated rings. The van der Waals surface area contributed by atoms with Gasteiger partial charge in [0.2, 0.25) is 5.91 Å². The van der Waals surface area contributed by atoms with Gasteiger partial charge >= 0.3 is 0 Å². The summed E-state index contributed by atoms with van der Waals surface area (Å²) in [5.41, 5.74) is 2.19. The average molecular weight is 325 g/mol. The molecule has 0 radical (unpaired) electrons. The number of carbonyl (C=O) groups is 1. The Kier molecular flexibility index (Phi) is 3.97. The number of halogens is 1. The predicted octanol–water partition coefficient (Wildman–Crippen LogP) is 2.24. The fourth-order valence-corrected chi connectivity index (χ4v) is 5.37. The fourth-order valence-electron chi connectivity index (χ4n) is 3.51. The quantitative estimate of drug-likeness (QED) is 0.838. The van der Waals surface area contributed by atoms with Gasteiger partial charge in [0.15, 0.2) is 9.84 Å². The number of anilines is 1. The number of amides is 1. The number of aryl methyl sites for hydroxylation is 1. The zero-order valence-electron chi connectivity index (χ0n) is 12.6. The van der Waals surface area contributed by atoms with Gasteiger partial charge in [-0.1, -0.05) is 6.07 Å². The first-order valence-electron chi connectivity index (χ1n) is 7.66. The van der Waals surface area contributed by atoms with E-state index in [0.717, 1.165) is 12.0 Å². The van der Waals surface area contributed by atoms with Crippen molar-refractivity contribution >= 4 is 21.4 Å². The zero-order valence-corrected chi connectivity index (χ0v) is 13.5. The van der Waals surface area contributed by atoms with E-state index in [4.69, 9.17) is 0 Å². The van der Waals surface area contributed by atoms with Crippen LogP contribution in [0.25, 0.3) is 0 Å². The molecule has 1 aromatic rings. The number of carbonyl (C=O) groups excluding carboxylic acids is 1. The summed E-state index contributed by atoms with van der Waals surface area (Å²) in [5, 5.41) is 0. The molecule has 1 aromatic carbocycles. The first-order chi connectivity index (χ1) is 10.4. The maximum atomic E-state index is 14.0. The molecule has 22 heavy (non-hydrogen) atoms. The van der Waals surface area contributed by atoms with Crippen LogP contribution in [0.4, 0.5) is 10.1 Å². The summed E-state index contributed by atoms with van der Waals surface area (Å²) in [7, 11) is -2.98. The third-order valence-corrected chi connectivity index (χ3v) is 6.43. The molecule has 120 valence electrons. The third kappa shape index (κ3) is 2.89. The smallest absolute Gasteiger partial charge is 0.227 e. The van der Waals surface area contributed by atoms with Crippen LogP contribution in [-0.4, -0.2) is 32.4 Å². The average Bonchev–Trinajstić information content (AvgIpc) is 2.81. The third-order valence-electron chi connectivity index (χ3n) is 4.60. The van der Waals surface area contributed by atoms with Crippen molar-refractivity contribution in [3.8, 4) is 0 Å². The second kappa shape index (κ2) is 5.65. The van der Waals surface area contributed by atoms with Gasteiger partial charge in [0.25, 0.3) is 0 Å². The van der Waals surface area contributed by atoms with Gasteiger partial charge in [0.1, 0.15) is 5.82 Å². The molecule has 1 saturated heterocycles. The molecule has 0 N–H and O–H groups in total. The SMILES string of the molecule is Cc1ccc(F)c2c1N(C(=O)CC1CCS(=O)(=O)C1)CCC2. The minimum atomic E-state index is -2.98. The van der Waals surface area contributed by atoms with Crippen molar-refractivity contribution in [2.24, 2.45) is 5.92 Å². The van der Waals surface area contributed by atoms with Crippen LogP contribution in [0.1, 0.15) is 30.4 Å². The molecular formula is C16H20FNO3S. The lowest BCUT2D eigenvalue weighted by Gasteiger charge is -2.32. The summed E-state index contributed by atoms with van der Waals surface area (Å²) in [6.45, 7) is 2.46. The molecule has 3 rings (SSSR count). The second-order valence-electron chi connectivity index (χ2n) is 6.31. The Morgan fingerprint density at radius 3 is 2.86 bits per heavy atom. The molecule has 2 aliphatic heterocycles. The molecule has 0 bridgehead atoms. The largest absolute Gasteiger partial charge is 0.312 e. The van der Waals surface area contributed by atoms with Crippen LogP contribution in [-0.2, 0) is 21.1 Å². The fraction of sp³-hybridized carbons (Fsp3) is 0.562. The van der Waals surface area contributed by atoms with Crippen molar-refractivity contribution in [3.05, 3.63) is 29.1 Å². The molecule has 0 aromatic heterocycles. The molecule has 0 saturated carbocycles. The highest BCUT2D eigenvalue weighted by molar-refractivity contribution is 7.91. The summed E-state index contributed by atoms with van der Waals surface area (Å²) in [4.78, 5) is 14.3. The van der Waals surface area contributed by atoms with Crippen LogP contribution in [0.5, 0.6) is 0 Å². The predicted molar refractivity (Wildman–Crippen MR) is 83.2 cm³/mol. The molecule has 6 heteroatoms. The topological polar surface area (TPSA) is 54.5 Å². The minimum Gasteiger partial charge on any atom is -0.312 e. The Labute approximate surface area is 130 Å². The van der Waals surface area contributed by atoms with Crippen molar-refractivity contribution in [1.82, 2.24) is 0 Å². The van der Waals surface area contributed by atoms with E-state index in [1.165, 1.54) is 6.07 Å². The molecule has 1 unspecified atom stereocenters. The van der Waals surface area contributed by atoms with Gasteiger partial charge in [0, 0.05) is 18.5 Å². The van der Waals surface area contributed by atoms with Crippen molar-refractivity contribution < 1.29 is 17.6 Å². The van der Waals surface area contributed by atoms with Crippen LogP contribution in [0, 0.1) is 18.7 Å². The molecule has 0 spiro atoms. The van der Waals surface area contributed by atoms with Gasteiger partial charge in [-0.25, -0.2) is 12.8 Å².